The molecule has 0 spiro atoms. The number of nitrogens with zero attached hydrogens (tertiary/aromatic N) is 2. The molecular formula is C15H16ClN3O2. The molecule has 1 aromatic carbocycles. The molecule has 2 amide bonds. The number of halogens is 1. The van der Waals surface area contributed by atoms with Gasteiger partial charge >= 0.3 is 6.03 Å². The molecule has 0 saturated heterocycles. The highest BCUT2D eigenvalue weighted by Gasteiger charge is 2.25. The second kappa shape index (κ2) is 5.77. The van der Waals surface area contributed by atoms with E-state index in [0.717, 1.165) is 29.0 Å². The molecule has 1 N–H and O–H groups in total. The maximum absolute atomic E-state index is 12.2. The van der Waals surface area contributed by atoms with Crippen molar-refractivity contribution >= 4 is 17.6 Å². The summed E-state index contributed by atoms with van der Waals surface area (Å²) in [5.74, 6) is 0.792. The zero-order chi connectivity index (χ0) is 14.8. The number of benzene rings is 1. The van der Waals surface area contributed by atoms with Gasteiger partial charge < -0.3 is 14.7 Å². The molecule has 5 nitrogen and oxygen atoms in total. The number of urea groups is 1. The SMILES string of the molecule is Cc1noc2c1CCN(C(=O)NCc1ccc(Cl)cc1)C2. The number of rotatable bonds is 2. The largest absolute Gasteiger partial charge is 0.359 e. The lowest BCUT2D eigenvalue weighted by Crippen LogP contribution is -2.42. The van der Waals surface area contributed by atoms with Gasteiger partial charge in [0.15, 0.2) is 5.76 Å². The fourth-order valence-corrected chi connectivity index (χ4v) is 2.57. The zero-order valence-electron chi connectivity index (χ0n) is 11.7. The van der Waals surface area contributed by atoms with Crippen LogP contribution < -0.4 is 5.32 Å². The number of carbonyl (C=O) groups is 1. The monoisotopic (exact) mass is 305 g/mol. The van der Waals surface area contributed by atoms with Gasteiger partial charge in [0.2, 0.25) is 0 Å². The third-order valence-electron chi connectivity index (χ3n) is 3.68. The van der Waals surface area contributed by atoms with Crippen LogP contribution in [0.3, 0.4) is 0 Å². The predicted octanol–water partition coefficient (Wildman–Crippen LogP) is 2.90. The number of aromatic nitrogens is 1. The Balaban J connectivity index is 1.58. The molecule has 1 aromatic heterocycles. The second-order valence-corrected chi connectivity index (χ2v) is 5.56. The Labute approximate surface area is 127 Å². The Morgan fingerprint density at radius 2 is 2.19 bits per heavy atom. The lowest BCUT2D eigenvalue weighted by atomic mass is 10.1. The summed E-state index contributed by atoms with van der Waals surface area (Å²) in [5.41, 5.74) is 3.07. The highest BCUT2D eigenvalue weighted by molar-refractivity contribution is 6.30. The van der Waals surface area contributed by atoms with Crippen molar-refractivity contribution in [3.8, 4) is 0 Å². The molecule has 0 aliphatic carbocycles. The van der Waals surface area contributed by atoms with Crippen LogP contribution in [0.5, 0.6) is 0 Å². The second-order valence-electron chi connectivity index (χ2n) is 5.13. The lowest BCUT2D eigenvalue weighted by molar-refractivity contribution is 0.183. The highest BCUT2D eigenvalue weighted by Crippen LogP contribution is 2.21. The van der Waals surface area contributed by atoms with Crippen LogP contribution in [-0.4, -0.2) is 22.6 Å². The number of aryl methyl sites for hydroxylation is 1. The zero-order valence-corrected chi connectivity index (χ0v) is 12.5. The molecular weight excluding hydrogens is 290 g/mol. The first-order valence-corrected chi connectivity index (χ1v) is 7.22. The minimum atomic E-state index is -0.0929. The Morgan fingerprint density at radius 3 is 2.95 bits per heavy atom. The van der Waals surface area contributed by atoms with Crippen molar-refractivity contribution in [1.29, 1.82) is 0 Å². The summed E-state index contributed by atoms with van der Waals surface area (Å²) in [6.45, 7) is 3.57. The van der Waals surface area contributed by atoms with E-state index in [9.17, 15) is 4.79 Å². The van der Waals surface area contributed by atoms with Gasteiger partial charge in [-0.05, 0) is 31.0 Å². The first kappa shape index (κ1) is 13.9. The van der Waals surface area contributed by atoms with Gasteiger partial charge in [-0.3, -0.25) is 0 Å². The van der Waals surface area contributed by atoms with Crippen molar-refractivity contribution in [1.82, 2.24) is 15.4 Å². The topological polar surface area (TPSA) is 58.4 Å². The van der Waals surface area contributed by atoms with E-state index >= 15 is 0 Å². The molecule has 3 rings (SSSR count). The van der Waals surface area contributed by atoms with Crippen molar-refractivity contribution in [3.63, 3.8) is 0 Å². The van der Waals surface area contributed by atoms with E-state index in [4.69, 9.17) is 16.1 Å². The number of hydrogen-bond acceptors (Lipinski definition) is 3. The highest BCUT2D eigenvalue weighted by atomic mass is 35.5. The van der Waals surface area contributed by atoms with E-state index in [1.54, 1.807) is 4.90 Å². The summed E-state index contributed by atoms with van der Waals surface area (Å²) in [4.78, 5) is 13.9. The van der Waals surface area contributed by atoms with Gasteiger partial charge in [-0.25, -0.2) is 4.79 Å². The predicted molar refractivity (Wildman–Crippen MR) is 79.0 cm³/mol. The Bertz CT molecular complexity index is 651. The molecule has 0 fully saturated rings. The van der Waals surface area contributed by atoms with Crippen molar-refractivity contribution < 1.29 is 9.32 Å². The van der Waals surface area contributed by atoms with Gasteiger partial charge in [-0.15, -0.1) is 0 Å². The molecule has 2 aromatic rings. The molecule has 0 atom stereocenters. The number of amides is 2. The molecule has 0 bridgehead atoms. The van der Waals surface area contributed by atoms with Crippen LogP contribution in [0, 0.1) is 6.92 Å². The standard InChI is InChI=1S/C15H16ClN3O2/c1-10-13-6-7-19(9-14(13)21-18-10)15(20)17-8-11-2-4-12(16)5-3-11/h2-5H,6-9H2,1H3,(H,17,20). The number of carbonyl (C=O) groups excluding carboxylic acids is 1. The van der Waals surface area contributed by atoms with Crippen molar-refractivity contribution in [2.45, 2.75) is 26.4 Å². The van der Waals surface area contributed by atoms with Crippen LogP contribution in [0.15, 0.2) is 28.8 Å². The van der Waals surface area contributed by atoms with Gasteiger partial charge in [0.1, 0.15) is 0 Å². The van der Waals surface area contributed by atoms with Crippen LogP contribution in [0.2, 0.25) is 5.02 Å². The quantitative estimate of drug-likeness (QED) is 0.928. The van der Waals surface area contributed by atoms with Crippen LogP contribution in [0.1, 0.15) is 22.6 Å². The average Bonchev–Trinajstić information content (AvgIpc) is 2.87. The van der Waals surface area contributed by atoms with Crippen LogP contribution >= 0.6 is 11.6 Å². The molecule has 0 saturated carbocycles. The van der Waals surface area contributed by atoms with Gasteiger partial charge in [0, 0.05) is 23.7 Å². The first-order chi connectivity index (χ1) is 10.1. The Hall–Kier alpha value is -2.01. The van der Waals surface area contributed by atoms with Crippen molar-refractivity contribution in [2.75, 3.05) is 6.54 Å². The summed E-state index contributed by atoms with van der Waals surface area (Å²) in [7, 11) is 0. The smallest absolute Gasteiger partial charge is 0.318 e. The van der Waals surface area contributed by atoms with Gasteiger partial charge in [-0.1, -0.05) is 28.9 Å². The fraction of sp³-hybridized carbons (Fsp3) is 0.333. The fourth-order valence-electron chi connectivity index (χ4n) is 2.44. The van der Waals surface area contributed by atoms with E-state index in [0.29, 0.717) is 24.7 Å². The van der Waals surface area contributed by atoms with E-state index in [1.807, 2.05) is 31.2 Å². The molecule has 0 unspecified atom stereocenters. The number of hydrogen-bond donors (Lipinski definition) is 1. The lowest BCUT2D eigenvalue weighted by Gasteiger charge is -2.25. The van der Waals surface area contributed by atoms with Gasteiger partial charge in [0.25, 0.3) is 0 Å². The van der Waals surface area contributed by atoms with Crippen molar-refractivity contribution in [2.24, 2.45) is 0 Å². The Kier molecular flexibility index (Phi) is 3.84. The molecule has 2 heterocycles. The summed E-state index contributed by atoms with van der Waals surface area (Å²) >= 11 is 5.83. The summed E-state index contributed by atoms with van der Waals surface area (Å²) in [5, 5.41) is 7.54. The van der Waals surface area contributed by atoms with Crippen LogP contribution in [-0.2, 0) is 19.5 Å². The molecule has 21 heavy (non-hydrogen) atoms. The van der Waals surface area contributed by atoms with Crippen LogP contribution in [0.4, 0.5) is 4.79 Å². The Morgan fingerprint density at radius 1 is 1.43 bits per heavy atom. The average molecular weight is 306 g/mol. The third-order valence-corrected chi connectivity index (χ3v) is 3.93. The van der Waals surface area contributed by atoms with Gasteiger partial charge in [0.05, 0.1) is 12.2 Å². The maximum Gasteiger partial charge on any atom is 0.318 e. The van der Waals surface area contributed by atoms with Crippen LogP contribution in [0.25, 0.3) is 0 Å². The molecule has 0 radical (unpaired) electrons. The molecule has 1 aliphatic heterocycles. The van der Waals surface area contributed by atoms with E-state index in [-0.39, 0.29) is 6.03 Å². The normalized spacial score (nSPS) is 13.9. The van der Waals surface area contributed by atoms with E-state index in [1.165, 1.54) is 0 Å². The van der Waals surface area contributed by atoms with Gasteiger partial charge in [-0.2, -0.15) is 0 Å². The first-order valence-electron chi connectivity index (χ1n) is 6.85. The van der Waals surface area contributed by atoms with Crippen molar-refractivity contribution in [3.05, 3.63) is 51.9 Å². The minimum Gasteiger partial charge on any atom is -0.359 e. The van der Waals surface area contributed by atoms with E-state index < -0.39 is 0 Å². The molecule has 6 heteroatoms. The third kappa shape index (κ3) is 3.03. The summed E-state index contributed by atoms with van der Waals surface area (Å²) < 4.78 is 5.26. The maximum atomic E-state index is 12.2. The minimum absolute atomic E-state index is 0.0929. The summed E-state index contributed by atoms with van der Waals surface area (Å²) in [6.07, 6.45) is 0.791. The summed E-state index contributed by atoms with van der Waals surface area (Å²) in [6, 6.07) is 7.33. The number of fused-ring (bicyclic) bond motifs is 1. The van der Waals surface area contributed by atoms with E-state index in [2.05, 4.69) is 10.5 Å². The number of nitrogens with one attached hydrogen (secondary N) is 1. The molecule has 110 valence electrons. The molecule has 1 aliphatic rings.